The van der Waals surface area contributed by atoms with Crippen LogP contribution in [0.2, 0.25) is 0 Å². The second-order valence-corrected chi connectivity index (χ2v) is 3.84. The van der Waals surface area contributed by atoms with Gasteiger partial charge in [0.05, 0.1) is 5.41 Å². The van der Waals surface area contributed by atoms with Crippen molar-refractivity contribution in [3.05, 3.63) is 17.5 Å². The molecular weight excluding hydrogens is 209 g/mol. The van der Waals surface area contributed by atoms with Gasteiger partial charge in [0.1, 0.15) is 6.29 Å². The number of hydrogen-bond donors (Lipinski definition) is 0. The van der Waals surface area contributed by atoms with Crippen LogP contribution in [0.1, 0.15) is 24.1 Å². The Morgan fingerprint density at radius 3 is 2.53 bits per heavy atom. The van der Waals surface area contributed by atoms with Gasteiger partial charge in [-0.15, -0.1) is 0 Å². The van der Waals surface area contributed by atoms with Gasteiger partial charge in [0.2, 0.25) is 0 Å². The van der Waals surface area contributed by atoms with Crippen LogP contribution in [0.4, 0.5) is 13.2 Å². The number of aromatic nitrogens is 2. The molecule has 0 spiro atoms. The Labute approximate surface area is 83.9 Å². The molecule has 0 atom stereocenters. The lowest BCUT2D eigenvalue weighted by Crippen LogP contribution is -2.16. The van der Waals surface area contributed by atoms with Gasteiger partial charge in [0, 0.05) is 18.8 Å². The van der Waals surface area contributed by atoms with E-state index < -0.39 is 17.3 Å². The molecule has 0 unspecified atom stereocenters. The molecule has 1 aliphatic rings. The van der Waals surface area contributed by atoms with Gasteiger partial charge in [-0.1, -0.05) is 0 Å². The van der Waals surface area contributed by atoms with Crippen molar-refractivity contribution in [1.29, 1.82) is 0 Å². The molecule has 82 valence electrons. The van der Waals surface area contributed by atoms with Crippen molar-refractivity contribution in [2.75, 3.05) is 0 Å². The first-order chi connectivity index (χ1) is 6.89. The van der Waals surface area contributed by atoms with Gasteiger partial charge in [-0.05, 0) is 12.8 Å². The topological polar surface area (TPSA) is 34.9 Å². The van der Waals surface area contributed by atoms with Crippen LogP contribution in [0.3, 0.4) is 0 Å². The molecule has 0 aliphatic heterocycles. The minimum atomic E-state index is -4.49. The summed E-state index contributed by atoms with van der Waals surface area (Å²) in [7, 11) is 1.42. The van der Waals surface area contributed by atoms with Crippen molar-refractivity contribution in [3.63, 3.8) is 0 Å². The van der Waals surface area contributed by atoms with Crippen LogP contribution >= 0.6 is 0 Å². The van der Waals surface area contributed by atoms with Crippen molar-refractivity contribution in [2.45, 2.75) is 24.4 Å². The summed E-state index contributed by atoms with van der Waals surface area (Å²) in [5.74, 6) is 0. The molecule has 1 aliphatic carbocycles. The fourth-order valence-electron chi connectivity index (χ4n) is 1.65. The summed E-state index contributed by atoms with van der Waals surface area (Å²) in [6.07, 6.45) is -1.66. The molecule has 2 rings (SSSR count). The lowest BCUT2D eigenvalue weighted by Gasteiger charge is -2.09. The Kier molecular flexibility index (Phi) is 1.93. The van der Waals surface area contributed by atoms with Crippen LogP contribution < -0.4 is 0 Å². The van der Waals surface area contributed by atoms with Gasteiger partial charge in [0.25, 0.3) is 0 Å². The summed E-state index contributed by atoms with van der Waals surface area (Å²) >= 11 is 0. The standard InChI is InChI=1S/C9H9F3N2O/c1-14-4-6(8(5-15)2-3-8)7(13-14)9(10,11)12/h4-5H,2-3H2,1H3. The fraction of sp³-hybridized carbons (Fsp3) is 0.556. The molecule has 0 saturated heterocycles. The molecule has 0 aromatic carbocycles. The minimum Gasteiger partial charge on any atom is -0.302 e. The van der Waals surface area contributed by atoms with Crippen molar-refractivity contribution in [2.24, 2.45) is 7.05 Å². The predicted molar refractivity (Wildman–Crippen MR) is 45.2 cm³/mol. The maximum absolute atomic E-state index is 12.6. The van der Waals surface area contributed by atoms with E-state index in [4.69, 9.17) is 0 Å². The summed E-state index contributed by atoms with van der Waals surface area (Å²) in [6.45, 7) is 0. The first-order valence-corrected chi connectivity index (χ1v) is 4.47. The summed E-state index contributed by atoms with van der Waals surface area (Å²) < 4.78 is 38.8. The zero-order chi connectivity index (χ0) is 11.3. The maximum Gasteiger partial charge on any atom is 0.435 e. The smallest absolute Gasteiger partial charge is 0.302 e. The van der Waals surface area contributed by atoms with Crippen molar-refractivity contribution < 1.29 is 18.0 Å². The van der Waals surface area contributed by atoms with Crippen LogP contribution in [0.5, 0.6) is 0 Å². The molecule has 0 amide bonds. The van der Waals surface area contributed by atoms with Crippen LogP contribution in [0.25, 0.3) is 0 Å². The SMILES string of the molecule is Cn1cc(C2(C=O)CC2)c(C(F)(F)F)n1. The van der Waals surface area contributed by atoms with E-state index in [0.717, 1.165) is 4.68 Å². The molecule has 0 bridgehead atoms. The van der Waals surface area contributed by atoms with E-state index in [1.165, 1.54) is 13.2 Å². The highest BCUT2D eigenvalue weighted by molar-refractivity contribution is 5.73. The largest absolute Gasteiger partial charge is 0.435 e. The number of halogens is 3. The van der Waals surface area contributed by atoms with E-state index in [0.29, 0.717) is 19.1 Å². The Bertz CT molecular complexity index is 404. The number of aryl methyl sites for hydroxylation is 1. The average molecular weight is 218 g/mol. The maximum atomic E-state index is 12.6. The average Bonchev–Trinajstić information content (AvgIpc) is 2.82. The molecule has 1 saturated carbocycles. The molecule has 6 heteroatoms. The normalized spacial score (nSPS) is 18.9. The number of aldehydes is 1. The molecule has 15 heavy (non-hydrogen) atoms. The highest BCUT2D eigenvalue weighted by Crippen LogP contribution is 2.49. The van der Waals surface area contributed by atoms with E-state index in [1.54, 1.807) is 0 Å². The molecule has 0 radical (unpaired) electrons. The molecule has 0 N–H and O–H groups in total. The number of carbonyl (C=O) groups excluding carboxylic acids is 1. The zero-order valence-electron chi connectivity index (χ0n) is 8.01. The summed E-state index contributed by atoms with van der Waals surface area (Å²) in [5, 5.41) is 3.37. The fourth-order valence-corrected chi connectivity index (χ4v) is 1.65. The first-order valence-electron chi connectivity index (χ1n) is 4.47. The second-order valence-electron chi connectivity index (χ2n) is 3.84. The zero-order valence-corrected chi connectivity index (χ0v) is 8.01. The van der Waals surface area contributed by atoms with Crippen LogP contribution in [0, 0.1) is 0 Å². The third-order valence-electron chi connectivity index (χ3n) is 2.65. The molecular formula is C9H9F3N2O. The second kappa shape index (κ2) is 2.84. The number of carbonyl (C=O) groups is 1. The molecule has 1 aromatic rings. The lowest BCUT2D eigenvalue weighted by molar-refractivity contribution is -0.142. The van der Waals surface area contributed by atoms with Crippen molar-refractivity contribution in [3.8, 4) is 0 Å². The first kappa shape index (κ1) is 10.2. The van der Waals surface area contributed by atoms with Gasteiger partial charge < -0.3 is 4.79 Å². The highest BCUT2D eigenvalue weighted by Gasteiger charge is 2.51. The summed E-state index contributed by atoms with van der Waals surface area (Å²) in [5.41, 5.74) is -1.86. The Morgan fingerprint density at radius 2 is 2.13 bits per heavy atom. The van der Waals surface area contributed by atoms with E-state index in [9.17, 15) is 18.0 Å². The van der Waals surface area contributed by atoms with Gasteiger partial charge in [0.15, 0.2) is 5.69 Å². The van der Waals surface area contributed by atoms with Crippen molar-refractivity contribution in [1.82, 2.24) is 9.78 Å². The van der Waals surface area contributed by atoms with E-state index in [2.05, 4.69) is 5.10 Å². The number of nitrogens with zero attached hydrogens (tertiary/aromatic N) is 2. The van der Waals surface area contributed by atoms with Gasteiger partial charge in [-0.2, -0.15) is 18.3 Å². The summed E-state index contributed by atoms with van der Waals surface area (Å²) in [6, 6.07) is 0. The van der Waals surface area contributed by atoms with Crippen molar-refractivity contribution >= 4 is 6.29 Å². The summed E-state index contributed by atoms with van der Waals surface area (Å²) in [4.78, 5) is 10.8. The number of alkyl halides is 3. The number of rotatable bonds is 2. The Morgan fingerprint density at radius 1 is 1.53 bits per heavy atom. The van der Waals surface area contributed by atoms with Gasteiger partial charge in [-0.3, -0.25) is 4.68 Å². The van der Waals surface area contributed by atoms with E-state index >= 15 is 0 Å². The van der Waals surface area contributed by atoms with Crippen LogP contribution in [-0.2, 0) is 23.4 Å². The van der Waals surface area contributed by atoms with Crippen LogP contribution in [0.15, 0.2) is 6.20 Å². The molecule has 1 heterocycles. The highest BCUT2D eigenvalue weighted by atomic mass is 19.4. The quantitative estimate of drug-likeness (QED) is 0.708. The predicted octanol–water partition coefficient (Wildman–Crippen LogP) is 1.67. The Hall–Kier alpha value is -1.33. The number of hydrogen-bond acceptors (Lipinski definition) is 2. The third-order valence-corrected chi connectivity index (χ3v) is 2.65. The minimum absolute atomic E-state index is 0.00694. The molecule has 1 fully saturated rings. The lowest BCUT2D eigenvalue weighted by atomic mass is 9.98. The third kappa shape index (κ3) is 1.53. The Balaban J connectivity index is 2.52. The van der Waals surface area contributed by atoms with Gasteiger partial charge in [-0.25, -0.2) is 0 Å². The molecule has 1 aromatic heterocycles. The van der Waals surface area contributed by atoms with E-state index in [-0.39, 0.29) is 5.56 Å². The monoisotopic (exact) mass is 218 g/mol. The van der Waals surface area contributed by atoms with Crippen LogP contribution in [-0.4, -0.2) is 16.1 Å². The molecule has 3 nitrogen and oxygen atoms in total. The van der Waals surface area contributed by atoms with Gasteiger partial charge >= 0.3 is 6.18 Å². The van der Waals surface area contributed by atoms with E-state index in [1.807, 2.05) is 0 Å².